The molecule has 0 aromatic carbocycles. The van der Waals surface area contributed by atoms with E-state index in [1.807, 2.05) is 0 Å². The van der Waals surface area contributed by atoms with E-state index in [9.17, 15) is 0 Å². The first-order valence-corrected chi connectivity index (χ1v) is 9.28. The summed E-state index contributed by atoms with van der Waals surface area (Å²) in [6.45, 7) is 0. The van der Waals surface area contributed by atoms with Crippen LogP contribution in [0.25, 0.3) is 0 Å². The predicted octanol–water partition coefficient (Wildman–Crippen LogP) is 6.96. The summed E-state index contributed by atoms with van der Waals surface area (Å²) in [7, 11) is 0. The molecule has 0 N–H and O–H groups in total. The van der Waals surface area contributed by atoms with Crippen molar-refractivity contribution in [3.05, 3.63) is 24.3 Å². The molecule has 0 atom stereocenters. The largest absolute Gasteiger partial charge is 0.0745 e. The number of hydrogen-bond acceptors (Lipinski definition) is 0. The van der Waals surface area contributed by atoms with Crippen LogP contribution in [0.1, 0.15) is 96.3 Å². The minimum atomic E-state index is 0.442. The van der Waals surface area contributed by atoms with E-state index in [0.717, 1.165) is 0 Å². The third-order valence-electron chi connectivity index (χ3n) is 5.25. The summed E-state index contributed by atoms with van der Waals surface area (Å²) in [6.07, 6.45) is 31.3. The summed E-state index contributed by atoms with van der Waals surface area (Å²) in [5, 5.41) is 0. The standard InChI is InChI=1S/C20H34/c1-2-4-6-8-10-12-16-20(18-14-15-19-20)17-13-11-9-7-5-3-1/h14-15,18-19H,1-13,16-17H2. The Kier molecular flexibility index (Phi) is 7.47. The van der Waals surface area contributed by atoms with Crippen LogP contribution in [-0.2, 0) is 0 Å². The Hall–Kier alpha value is -0.520. The SMILES string of the molecule is C1=CC2(C=C1)CCCCCCCCCCCCCCC2. The van der Waals surface area contributed by atoms with E-state index in [0.29, 0.717) is 5.41 Å². The van der Waals surface area contributed by atoms with Gasteiger partial charge in [-0.1, -0.05) is 108 Å². The Bertz CT molecular complexity index is 267. The van der Waals surface area contributed by atoms with Gasteiger partial charge in [0.2, 0.25) is 0 Å². The average molecular weight is 274 g/mol. The van der Waals surface area contributed by atoms with Crippen LogP contribution < -0.4 is 0 Å². The molecule has 0 bridgehead atoms. The average Bonchev–Trinajstić information content (AvgIpc) is 2.91. The maximum Gasteiger partial charge on any atom is 0.00671 e. The summed E-state index contributed by atoms with van der Waals surface area (Å²) < 4.78 is 0. The molecule has 20 heavy (non-hydrogen) atoms. The second-order valence-corrected chi connectivity index (χ2v) is 7.05. The third kappa shape index (κ3) is 5.85. The summed E-state index contributed by atoms with van der Waals surface area (Å²) in [4.78, 5) is 0. The number of allylic oxidation sites excluding steroid dienone is 4. The Balaban J connectivity index is 1.75. The molecule has 2 aliphatic rings. The van der Waals surface area contributed by atoms with E-state index in [2.05, 4.69) is 24.3 Å². The fraction of sp³-hybridized carbons (Fsp3) is 0.800. The Morgan fingerprint density at radius 1 is 0.400 bits per heavy atom. The van der Waals surface area contributed by atoms with Crippen molar-refractivity contribution in [2.24, 2.45) is 5.41 Å². The quantitative estimate of drug-likeness (QED) is 0.447. The van der Waals surface area contributed by atoms with E-state index >= 15 is 0 Å². The molecule has 2 aliphatic carbocycles. The first-order valence-electron chi connectivity index (χ1n) is 9.28. The van der Waals surface area contributed by atoms with Crippen LogP contribution in [0.3, 0.4) is 0 Å². The Morgan fingerprint density at radius 2 is 0.700 bits per heavy atom. The van der Waals surface area contributed by atoms with Crippen LogP contribution in [0.15, 0.2) is 24.3 Å². The molecule has 114 valence electrons. The maximum absolute atomic E-state index is 2.48. The zero-order valence-corrected chi connectivity index (χ0v) is 13.4. The molecule has 0 unspecified atom stereocenters. The van der Waals surface area contributed by atoms with Crippen molar-refractivity contribution in [1.82, 2.24) is 0 Å². The summed E-state index contributed by atoms with van der Waals surface area (Å²) in [5.41, 5.74) is 0.442. The van der Waals surface area contributed by atoms with Crippen LogP contribution in [0.4, 0.5) is 0 Å². The van der Waals surface area contributed by atoms with Crippen molar-refractivity contribution >= 4 is 0 Å². The van der Waals surface area contributed by atoms with Crippen molar-refractivity contribution in [3.63, 3.8) is 0 Å². The second-order valence-electron chi connectivity index (χ2n) is 7.05. The first-order chi connectivity index (χ1) is 9.91. The fourth-order valence-electron chi connectivity index (χ4n) is 3.86. The Labute approximate surface area is 126 Å². The van der Waals surface area contributed by atoms with Gasteiger partial charge >= 0.3 is 0 Å². The molecule has 0 saturated heterocycles. The first kappa shape index (κ1) is 15.9. The van der Waals surface area contributed by atoms with E-state index in [1.165, 1.54) is 96.3 Å². The second kappa shape index (κ2) is 9.42. The lowest BCUT2D eigenvalue weighted by Crippen LogP contribution is -2.13. The van der Waals surface area contributed by atoms with Gasteiger partial charge in [0.15, 0.2) is 0 Å². The highest BCUT2D eigenvalue weighted by Gasteiger charge is 2.24. The monoisotopic (exact) mass is 274 g/mol. The minimum absolute atomic E-state index is 0.442. The molecule has 2 rings (SSSR count). The van der Waals surface area contributed by atoms with Gasteiger partial charge in [-0.3, -0.25) is 0 Å². The van der Waals surface area contributed by atoms with Gasteiger partial charge in [-0.15, -0.1) is 0 Å². The normalized spacial score (nSPS) is 26.0. The molecule has 0 heteroatoms. The highest BCUT2D eigenvalue weighted by atomic mass is 14.3. The molecule has 1 saturated carbocycles. The number of hydrogen-bond donors (Lipinski definition) is 0. The highest BCUT2D eigenvalue weighted by Crippen LogP contribution is 2.38. The summed E-state index contributed by atoms with van der Waals surface area (Å²) in [6, 6.07) is 0. The lowest BCUT2D eigenvalue weighted by Gasteiger charge is -2.25. The topological polar surface area (TPSA) is 0 Å². The van der Waals surface area contributed by atoms with Crippen LogP contribution >= 0.6 is 0 Å². The van der Waals surface area contributed by atoms with Gasteiger partial charge in [0.05, 0.1) is 0 Å². The lowest BCUT2D eigenvalue weighted by atomic mass is 9.79. The number of rotatable bonds is 0. The molecule has 0 aromatic rings. The van der Waals surface area contributed by atoms with E-state index in [4.69, 9.17) is 0 Å². The molecule has 0 nitrogen and oxygen atoms in total. The summed E-state index contributed by atoms with van der Waals surface area (Å²) in [5.74, 6) is 0. The van der Waals surface area contributed by atoms with Crippen LogP contribution in [0.5, 0.6) is 0 Å². The zero-order chi connectivity index (χ0) is 13.9. The van der Waals surface area contributed by atoms with Crippen LogP contribution in [-0.4, -0.2) is 0 Å². The van der Waals surface area contributed by atoms with Gasteiger partial charge in [-0.2, -0.15) is 0 Å². The molecule has 0 aliphatic heterocycles. The third-order valence-corrected chi connectivity index (χ3v) is 5.25. The molecular formula is C20H34. The van der Waals surface area contributed by atoms with Crippen molar-refractivity contribution in [3.8, 4) is 0 Å². The smallest absolute Gasteiger partial charge is 0.00671 e. The van der Waals surface area contributed by atoms with Crippen molar-refractivity contribution in [2.75, 3.05) is 0 Å². The minimum Gasteiger partial charge on any atom is -0.0745 e. The zero-order valence-electron chi connectivity index (χ0n) is 13.4. The lowest BCUT2D eigenvalue weighted by molar-refractivity contribution is 0.373. The molecular weight excluding hydrogens is 240 g/mol. The van der Waals surface area contributed by atoms with E-state index in [-0.39, 0.29) is 0 Å². The highest BCUT2D eigenvalue weighted by molar-refractivity contribution is 5.24. The van der Waals surface area contributed by atoms with Gasteiger partial charge in [0.1, 0.15) is 0 Å². The molecule has 0 heterocycles. The maximum atomic E-state index is 2.48. The molecule has 0 amide bonds. The van der Waals surface area contributed by atoms with Gasteiger partial charge < -0.3 is 0 Å². The molecule has 1 spiro atoms. The van der Waals surface area contributed by atoms with Gasteiger partial charge in [-0.05, 0) is 12.8 Å². The predicted molar refractivity (Wildman–Crippen MR) is 90.0 cm³/mol. The van der Waals surface area contributed by atoms with Crippen molar-refractivity contribution < 1.29 is 0 Å². The molecule has 0 radical (unpaired) electrons. The molecule has 1 fully saturated rings. The van der Waals surface area contributed by atoms with Gasteiger partial charge in [0.25, 0.3) is 0 Å². The fourth-order valence-corrected chi connectivity index (χ4v) is 3.86. The van der Waals surface area contributed by atoms with Gasteiger partial charge in [0, 0.05) is 5.41 Å². The van der Waals surface area contributed by atoms with Crippen LogP contribution in [0, 0.1) is 5.41 Å². The van der Waals surface area contributed by atoms with Crippen LogP contribution in [0.2, 0.25) is 0 Å². The van der Waals surface area contributed by atoms with Crippen molar-refractivity contribution in [1.29, 1.82) is 0 Å². The van der Waals surface area contributed by atoms with E-state index in [1.54, 1.807) is 0 Å². The van der Waals surface area contributed by atoms with E-state index < -0.39 is 0 Å². The Morgan fingerprint density at radius 3 is 1.05 bits per heavy atom. The summed E-state index contributed by atoms with van der Waals surface area (Å²) >= 11 is 0. The van der Waals surface area contributed by atoms with Gasteiger partial charge in [-0.25, -0.2) is 0 Å². The molecule has 0 aromatic heterocycles. The van der Waals surface area contributed by atoms with Crippen molar-refractivity contribution in [2.45, 2.75) is 96.3 Å².